The molecule has 210 valence electrons. The van der Waals surface area contributed by atoms with Gasteiger partial charge in [-0.05, 0) is 43.5 Å². The average Bonchev–Trinajstić information content (AvgIpc) is 2.89. The first-order valence-electron chi connectivity index (χ1n) is 11.6. The van der Waals surface area contributed by atoms with Crippen LogP contribution in [0.4, 0.5) is 18.0 Å². The summed E-state index contributed by atoms with van der Waals surface area (Å²) in [5.74, 6) is -9.06. The van der Waals surface area contributed by atoms with E-state index in [1.165, 1.54) is 17.0 Å². The lowest BCUT2D eigenvalue weighted by Crippen LogP contribution is -2.49. The first-order chi connectivity index (χ1) is 18.4. The van der Waals surface area contributed by atoms with Crippen molar-refractivity contribution >= 4 is 47.0 Å². The fraction of sp³-hybridized carbons (Fsp3) is 0.360. The zero-order chi connectivity index (χ0) is 28.9. The zero-order valence-electron chi connectivity index (χ0n) is 20.4. The van der Waals surface area contributed by atoms with Crippen LogP contribution in [-0.2, 0) is 14.4 Å². The van der Waals surface area contributed by atoms with Crippen LogP contribution in [0, 0.1) is 30.3 Å². The lowest BCUT2D eigenvalue weighted by molar-refractivity contribution is -0.141. The van der Waals surface area contributed by atoms with Crippen molar-refractivity contribution in [3.8, 4) is 11.5 Å². The second-order valence-electron chi connectivity index (χ2n) is 8.73. The van der Waals surface area contributed by atoms with Crippen LogP contribution in [0.1, 0.15) is 24.8 Å². The van der Waals surface area contributed by atoms with Crippen LogP contribution < -0.4 is 14.8 Å². The summed E-state index contributed by atoms with van der Waals surface area (Å²) in [6.07, 6.45) is -1.19. The maximum Gasteiger partial charge on any atom is 0.415 e. The van der Waals surface area contributed by atoms with E-state index in [0.717, 1.165) is 6.92 Å². The summed E-state index contributed by atoms with van der Waals surface area (Å²) < 4.78 is 51.8. The highest BCUT2D eigenvalue weighted by atomic mass is 35.5. The molecule has 2 aromatic carbocycles. The number of halogens is 5. The van der Waals surface area contributed by atoms with E-state index in [1.807, 2.05) is 0 Å². The number of ether oxygens (including phenoxy) is 2. The first kappa shape index (κ1) is 30.0. The topological polar surface area (TPSA) is 122 Å². The number of nitrogens with zero attached hydrogens (tertiary/aromatic N) is 1. The highest BCUT2D eigenvalue weighted by molar-refractivity contribution is 6.43. The van der Waals surface area contributed by atoms with Gasteiger partial charge >= 0.3 is 12.1 Å². The molecule has 1 fully saturated rings. The molecule has 9 nitrogen and oxygen atoms in total. The predicted octanol–water partition coefficient (Wildman–Crippen LogP) is 4.54. The van der Waals surface area contributed by atoms with Gasteiger partial charge in [-0.3, -0.25) is 14.4 Å². The van der Waals surface area contributed by atoms with Gasteiger partial charge in [-0.15, -0.1) is 0 Å². The van der Waals surface area contributed by atoms with E-state index in [4.69, 9.17) is 37.8 Å². The second kappa shape index (κ2) is 13.0. The molecule has 1 atom stereocenters. The van der Waals surface area contributed by atoms with Crippen molar-refractivity contribution in [2.24, 2.45) is 5.92 Å². The molecule has 14 heteroatoms. The van der Waals surface area contributed by atoms with Gasteiger partial charge in [0.25, 0.3) is 0 Å². The molecule has 0 saturated carbocycles. The van der Waals surface area contributed by atoms with Gasteiger partial charge in [0.15, 0.2) is 28.9 Å². The highest BCUT2D eigenvalue weighted by Gasteiger charge is 2.32. The summed E-state index contributed by atoms with van der Waals surface area (Å²) in [6, 6.07) is 3.58. The van der Waals surface area contributed by atoms with Crippen molar-refractivity contribution in [3.63, 3.8) is 0 Å². The number of piperidine rings is 1. The third kappa shape index (κ3) is 7.54. The lowest BCUT2D eigenvalue weighted by Gasteiger charge is -2.31. The number of carbonyl (C=O) groups excluding carboxylic acids is 3. The van der Waals surface area contributed by atoms with Gasteiger partial charge in [-0.2, -0.15) is 4.39 Å². The Morgan fingerprint density at radius 2 is 1.79 bits per heavy atom. The van der Waals surface area contributed by atoms with Crippen LogP contribution >= 0.6 is 23.2 Å². The molecule has 0 bridgehead atoms. The molecule has 0 aromatic heterocycles. The summed E-state index contributed by atoms with van der Waals surface area (Å²) in [4.78, 5) is 50.5. The van der Waals surface area contributed by atoms with Crippen molar-refractivity contribution < 1.29 is 46.9 Å². The number of benzene rings is 2. The number of carboxylic acids is 1. The van der Waals surface area contributed by atoms with Crippen molar-refractivity contribution in [1.29, 1.82) is 0 Å². The van der Waals surface area contributed by atoms with Gasteiger partial charge in [0, 0.05) is 19.0 Å². The molecule has 0 radical (unpaired) electrons. The smallest absolute Gasteiger partial charge is 0.415 e. The summed E-state index contributed by atoms with van der Waals surface area (Å²) >= 11 is 11.9. The van der Waals surface area contributed by atoms with E-state index in [2.05, 4.69) is 5.32 Å². The molecule has 0 aliphatic carbocycles. The molecule has 2 N–H and O–H groups in total. The molecule has 1 aliphatic heterocycles. The molecule has 0 spiro atoms. The van der Waals surface area contributed by atoms with E-state index in [1.54, 1.807) is 6.07 Å². The van der Waals surface area contributed by atoms with E-state index in [9.17, 15) is 32.3 Å². The minimum atomic E-state index is -1.65. The van der Waals surface area contributed by atoms with Gasteiger partial charge in [-0.1, -0.05) is 29.3 Å². The van der Waals surface area contributed by atoms with Crippen molar-refractivity contribution in [1.82, 2.24) is 10.2 Å². The number of aliphatic carboxylic acids is 1. The van der Waals surface area contributed by atoms with Gasteiger partial charge in [0.05, 0.1) is 11.4 Å². The number of likely N-dealkylation sites (tertiary alicyclic amines) is 1. The quantitative estimate of drug-likeness (QED) is 0.411. The normalized spacial score (nSPS) is 14.5. The molecule has 2 amide bonds. The summed E-state index contributed by atoms with van der Waals surface area (Å²) in [6.45, 7) is 0.378. The number of hydrogen-bond donors (Lipinski definition) is 2. The average molecular weight is 591 g/mol. The number of carbonyl (C=O) groups is 4. The van der Waals surface area contributed by atoms with Crippen LogP contribution in [0.15, 0.2) is 24.3 Å². The number of nitrogens with one attached hydrogen (secondary N) is 1. The number of amides is 2. The Labute approximate surface area is 230 Å². The van der Waals surface area contributed by atoms with Gasteiger partial charge in [0.2, 0.25) is 11.7 Å². The molecule has 39 heavy (non-hydrogen) atoms. The Bertz CT molecular complexity index is 1260. The highest BCUT2D eigenvalue weighted by Crippen LogP contribution is 2.32. The van der Waals surface area contributed by atoms with Crippen LogP contribution in [0.2, 0.25) is 10.0 Å². The molecular weight excluding hydrogens is 568 g/mol. The Hall–Kier alpha value is -3.51. The maximum atomic E-state index is 14.1. The fourth-order valence-corrected chi connectivity index (χ4v) is 4.16. The third-order valence-electron chi connectivity index (χ3n) is 5.98. The van der Waals surface area contributed by atoms with Crippen LogP contribution in [0.25, 0.3) is 0 Å². The number of rotatable bonds is 9. The zero-order valence-corrected chi connectivity index (χ0v) is 22.0. The first-order valence-corrected chi connectivity index (χ1v) is 12.4. The SMILES string of the molecule is Cc1cc(F)c(F)c(OCC(=O)[C@H](CC(=O)O)NC(=O)C2CCN(C(=O)Oc3cccc(Cl)c3Cl)CC2)c1F. The number of hydrogen-bond acceptors (Lipinski definition) is 6. The standard InChI is InChI=1S/C25H23Cl2F3N2O7/c1-12-9-15(28)22(30)23(21(12)29)38-11-17(33)16(10-19(34)35)31-24(36)13-5-7-32(8-6-13)25(37)39-18-4-2-3-14(26)20(18)27/h2-4,9,13,16H,5-8,10-11H2,1H3,(H,31,36)(H,34,35)/t16-/m0/s1. The van der Waals surface area contributed by atoms with E-state index < -0.39 is 71.9 Å². The molecule has 1 aliphatic rings. The van der Waals surface area contributed by atoms with Gasteiger partial charge in [-0.25, -0.2) is 13.6 Å². The van der Waals surface area contributed by atoms with E-state index in [0.29, 0.717) is 6.07 Å². The van der Waals surface area contributed by atoms with Crippen molar-refractivity contribution in [2.75, 3.05) is 19.7 Å². The van der Waals surface area contributed by atoms with Gasteiger partial charge in [0.1, 0.15) is 17.7 Å². The van der Waals surface area contributed by atoms with Gasteiger partial charge < -0.3 is 24.8 Å². The maximum absolute atomic E-state index is 14.1. The van der Waals surface area contributed by atoms with Crippen LogP contribution in [-0.4, -0.2) is 59.5 Å². The molecule has 1 heterocycles. The minimum Gasteiger partial charge on any atom is -0.481 e. The number of Topliss-reactive ketones (excluding diaryl/α,β-unsaturated/α-hetero) is 1. The largest absolute Gasteiger partial charge is 0.481 e. The Morgan fingerprint density at radius 1 is 1.13 bits per heavy atom. The van der Waals surface area contributed by atoms with Crippen LogP contribution in [0.5, 0.6) is 11.5 Å². The number of ketones is 1. The van der Waals surface area contributed by atoms with Crippen molar-refractivity contribution in [3.05, 3.63) is 57.3 Å². The molecule has 1 saturated heterocycles. The summed E-state index contributed by atoms with van der Waals surface area (Å²) in [5, 5.41) is 11.8. The summed E-state index contributed by atoms with van der Waals surface area (Å²) in [7, 11) is 0. The van der Waals surface area contributed by atoms with Crippen LogP contribution in [0.3, 0.4) is 0 Å². The molecule has 3 rings (SSSR count). The molecule has 0 unspecified atom stereocenters. The molecule has 2 aromatic rings. The summed E-state index contributed by atoms with van der Waals surface area (Å²) in [5.41, 5.74) is -0.266. The second-order valence-corrected chi connectivity index (χ2v) is 9.51. The fourth-order valence-electron chi connectivity index (χ4n) is 3.83. The lowest BCUT2D eigenvalue weighted by atomic mass is 9.95. The Balaban J connectivity index is 1.57. The third-order valence-corrected chi connectivity index (χ3v) is 6.78. The minimum absolute atomic E-state index is 0.0675. The monoisotopic (exact) mass is 590 g/mol. The number of aryl methyl sites for hydroxylation is 1. The van der Waals surface area contributed by atoms with E-state index >= 15 is 0 Å². The Kier molecular flexibility index (Phi) is 10.0. The Morgan fingerprint density at radius 3 is 2.44 bits per heavy atom. The van der Waals surface area contributed by atoms with E-state index in [-0.39, 0.29) is 47.3 Å². The van der Waals surface area contributed by atoms with Crippen molar-refractivity contribution in [2.45, 2.75) is 32.2 Å². The molecular formula is C25H23Cl2F3N2O7. The number of carboxylic acid groups (broad SMARTS) is 1. The predicted molar refractivity (Wildman–Crippen MR) is 133 cm³/mol.